The third-order valence-electron chi connectivity index (χ3n) is 6.26. The van der Waals surface area contributed by atoms with Crippen LogP contribution >= 0.6 is 0 Å². The van der Waals surface area contributed by atoms with Crippen LogP contribution in [0, 0.1) is 0 Å². The van der Waals surface area contributed by atoms with Gasteiger partial charge in [0.05, 0.1) is 6.61 Å². The summed E-state index contributed by atoms with van der Waals surface area (Å²) in [6, 6.07) is 19.3. The molecule has 3 aromatic carbocycles. The number of nitrogens with zero attached hydrogens (tertiary/aromatic N) is 1. The Balaban J connectivity index is 0.000000208. The molecule has 0 aromatic heterocycles. The third-order valence-corrected chi connectivity index (χ3v) is 6.26. The van der Waals surface area contributed by atoms with E-state index in [9.17, 15) is 14.4 Å². The molecule has 2 heterocycles. The molecule has 0 spiro atoms. The fourth-order valence-electron chi connectivity index (χ4n) is 4.20. The molecule has 0 bridgehead atoms. The van der Waals surface area contributed by atoms with Crippen LogP contribution in [0.4, 0.5) is 5.69 Å². The number of ether oxygens (including phenoxy) is 1. The molecule has 4 N–H and O–H groups in total. The van der Waals surface area contributed by atoms with Gasteiger partial charge in [0.25, 0.3) is 5.91 Å². The van der Waals surface area contributed by atoms with Crippen LogP contribution in [0.2, 0.25) is 0 Å². The largest absolute Gasteiger partial charge is 0.699 e. The van der Waals surface area contributed by atoms with Gasteiger partial charge in [-0.2, -0.15) is 0 Å². The molecular weight excluding hydrogens is 561 g/mol. The fourth-order valence-corrected chi connectivity index (χ4v) is 4.20. The Morgan fingerprint density at radius 2 is 1.61 bits per heavy atom. The molecule has 1 fully saturated rings. The van der Waals surface area contributed by atoms with Crippen molar-refractivity contribution in [2.24, 2.45) is 0 Å². The van der Waals surface area contributed by atoms with E-state index in [0.717, 1.165) is 28.0 Å². The first-order chi connectivity index (χ1) is 17.9. The summed E-state index contributed by atoms with van der Waals surface area (Å²) in [7, 11) is 0. The first-order valence-electron chi connectivity index (χ1n) is 11.9. The average molecular weight is 589 g/mol. The summed E-state index contributed by atoms with van der Waals surface area (Å²) in [5.74, 6) is -0.103. The number of imide groups is 1. The normalized spacial score (nSPS) is 16.1. The zero-order valence-electron chi connectivity index (χ0n) is 20.8. The predicted molar refractivity (Wildman–Crippen MR) is 138 cm³/mol. The summed E-state index contributed by atoms with van der Waals surface area (Å²) < 4.78 is 5.57. The van der Waals surface area contributed by atoms with Crippen LogP contribution in [-0.2, 0) is 68.6 Å². The maximum atomic E-state index is 12.3. The number of rotatable bonds is 6. The maximum Gasteiger partial charge on any atom is 0.255 e. The van der Waals surface area contributed by atoms with E-state index in [1.165, 1.54) is 4.90 Å². The number of aliphatic hydroxyl groups is 1. The smallest absolute Gasteiger partial charge is 0.255 e. The molecule has 3 amide bonds. The Bertz CT molecular complexity index is 1280. The van der Waals surface area contributed by atoms with Gasteiger partial charge in [-0.15, -0.1) is 12.2 Å². The standard InChI is InChI=1S/C14H14N3O3.C14H14NO2.Y/c15-6-8-1-2-10-9(5-8)7-17(14(10)20)11-3-4-12(18)16-13(11)19;15-13-5-7-14(8-6-13)17-10-12-3-1-11(9-16)2-4-12;/h1-2,5,11,15H,3-4,6-7H2,(H,16,18,19);1-8,15-16H,9-10H2;/q2*-1;. The Morgan fingerprint density at radius 3 is 2.24 bits per heavy atom. The van der Waals surface area contributed by atoms with Crippen LogP contribution in [0.25, 0.3) is 11.5 Å². The summed E-state index contributed by atoms with van der Waals surface area (Å²) in [6.45, 7) is 1.09. The van der Waals surface area contributed by atoms with E-state index in [0.29, 0.717) is 30.8 Å². The number of hydrogen-bond acceptors (Lipinski definition) is 5. The molecule has 2 aliphatic heterocycles. The molecule has 9 nitrogen and oxygen atoms in total. The minimum atomic E-state index is -0.577. The Labute approximate surface area is 246 Å². The zero-order valence-corrected chi connectivity index (χ0v) is 23.6. The fraction of sp³-hybridized carbons (Fsp3) is 0.250. The molecule has 10 heteroatoms. The van der Waals surface area contributed by atoms with Gasteiger partial charge in [0.2, 0.25) is 11.8 Å². The van der Waals surface area contributed by atoms with Crippen molar-refractivity contribution in [3.63, 3.8) is 0 Å². The predicted octanol–water partition coefficient (Wildman–Crippen LogP) is 4.44. The molecule has 0 aliphatic carbocycles. The van der Waals surface area contributed by atoms with Crippen molar-refractivity contribution in [1.82, 2.24) is 10.2 Å². The molecule has 1 saturated heterocycles. The van der Waals surface area contributed by atoms with Crippen LogP contribution in [0.3, 0.4) is 0 Å². The molecule has 1 radical (unpaired) electrons. The second-order valence-corrected chi connectivity index (χ2v) is 8.86. The van der Waals surface area contributed by atoms with Gasteiger partial charge in [0.15, 0.2) is 0 Å². The first-order valence-corrected chi connectivity index (χ1v) is 11.9. The number of benzene rings is 3. The number of aliphatic hydroxyl groups excluding tert-OH is 1. The van der Waals surface area contributed by atoms with Crippen molar-refractivity contribution < 1.29 is 56.9 Å². The van der Waals surface area contributed by atoms with Crippen molar-refractivity contribution in [3.05, 3.63) is 106 Å². The molecule has 38 heavy (non-hydrogen) atoms. The maximum absolute atomic E-state index is 12.3. The quantitative estimate of drug-likeness (QED) is 0.409. The number of fused-ring (bicyclic) bond motifs is 1. The van der Waals surface area contributed by atoms with Gasteiger partial charge in [-0.05, 0) is 41.3 Å². The van der Waals surface area contributed by atoms with Crippen molar-refractivity contribution in [1.29, 1.82) is 0 Å². The molecular formula is C28H28N4O5Y-2. The summed E-state index contributed by atoms with van der Waals surface area (Å²) >= 11 is 0. The molecule has 5 rings (SSSR count). The van der Waals surface area contributed by atoms with Gasteiger partial charge < -0.3 is 26.2 Å². The monoisotopic (exact) mass is 589 g/mol. The number of carbonyl (C=O) groups excluding carboxylic acids is 3. The van der Waals surface area contributed by atoms with E-state index in [1.807, 2.05) is 30.3 Å². The van der Waals surface area contributed by atoms with Gasteiger partial charge in [-0.1, -0.05) is 54.1 Å². The van der Waals surface area contributed by atoms with E-state index < -0.39 is 11.9 Å². The van der Waals surface area contributed by atoms with Gasteiger partial charge in [-0.25, -0.2) is 0 Å². The molecule has 0 saturated carbocycles. The Morgan fingerprint density at radius 1 is 0.947 bits per heavy atom. The Hall–Kier alpha value is -3.11. The number of amides is 3. The molecule has 1 atom stereocenters. The molecule has 195 valence electrons. The summed E-state index contributed by atoms with van der Waals surface area (Å²) in [6.07, 6.45) is 0.629. The van der Waals surface area contributed by atoms with E-state index in [2.05, 4.69) is 5.32 Å². The first kappa shape index (κ1) is 29.4. The van der Waals surface area contributed by atoms with Crippen molar-refractivity contribution in [2.45, 2.75) is 45.2 Å². The second kappa shape index (κ2) is 13.6. The number of nitrogens with one attached hydrogen (secondary N) is 3. The summed E-state index contributed by atoms with van der Waals surface area (Å²) in [5, 5.41) is 11.2. The van der Waals surface area contributed by atoms with Crippen molar-refractivity contribution in [2.75, 3.05) is 0 Å². The van der Waals surface area contributed by atoms with Gasteiger partial charge in [-0.3, -0.25) is 19.7 Å². The van der Waals surface area contributed by atoms with Crippen LogP contribution in [0.5, 0.6) is 5.75 Å². The van der Waals surface area contributed by atoms with Crippen LogP contribution in [0.1, 0.15) is 45.5 Å². The third kappa shape index (κ3) is 7.26. The van der Waals surface area contributed by atoms with Crippen LogP contribution < -0.4 is 10.1 Å². The minimum Gasteiger partial charge on any atom is -0.699 e. The summed E-state index contributed by atoms with van der Waals surface area (Å²) in [4.78, 5) is 36.9. The SMILES string of the molecule is [NH-]Cc1ccc2c(c1)CN(C1CCC(=O)NC1=O)C2=O.[NH-]c1ccc(OCc2ccc(CO)cc2)cc1.[Y]. The van der Waals surface area contributed by atoms with Gasteiger partial charge in [0, 0.05) is 51.2 Å². The Kier molecular flexibility index (Phi) is 10.6. The van der Waals surface area contributed by atoms with E-state index in [1.54, 1.807) is 36.4 Å². The van der Waals surface area contributed by atoms with E-state index in [-0.39, 0.29) is 64.1 Å². The van der Waals surface area contributed by atoms with Crippen LogP contribution in [0.15, 0.2) is 66.7 Å². The molecule has 3 aromatic rings. The topological polar surface area (TPSA) is 144 Å². The number of hydrogen-bond donors (Lipinski definition) is 2. The van der Waals surface area contributed by atoms with Crippen molar-refractivity contribution >= 4 is 23.4 Å². The van der Waals surface area contributed by atoms with Crippen LogP contribution in [-0.4, -0.2) is 33.8 Å². The second-order valence-electron chi connectivity index (χ2n) is 8.86. The van der Waals surface area contributed by atoms with Crippen molar-refractivity contribution in [3.8, 4) is 5.75 Å². The number of carbonyl (C=O) groups is 3. The van der Waals surface area contributed by atoms with E-state index in [4.69, 9.17) is 21.3 Å². The zero-order chi connectivity index (χ0) is 26.4. The van der Waals surface area contributed by atoms with Gasteiger partial charge in [0.1, 0.15) is 18.4 Å². The molecule has 1 unspecified atom stereocenters. The number of piperidine rings is 1. The van der Waals surface area contributed by atoms with Gasteiger partial charge >= 0.3 is 0 Å². The molecule has 2 aliphatic rings. The minimum absolute atomic E-state index is 0. The average Bonchev–Trinajstić information content (AvgIpc) is 3.24. The van der Waals surface area contributed by atoms with E-state index >= 15 is 0 Å². The summed E-state index contributed by atoms with van der Waals surface area (Å²) in [5.41, 5.74) is 19.4.